The SMILES string of the molecule is COc1cccc2[nH]cc(C(=O)N(C)CC3C4C[C@@H](Nc5cnn(CCO)c5)CC[C@H]43)c12. The third-order valence-corrected chi connectivity index (χ3v) is 7.20. The summed E-state index contributed by atoms with van der Waals surface area (Å²) < 4.78 is 7.24. The number of aromatic amines is 1. The Bertz CT molecular complexity index is 1110. The minimum Gasteiger partial charge on any atom is -0.496 e. The first kappa shape index (κ1) is 20.9. The predicted octanol–water partition coefficient (Wildman–Crippen LogP) is 2.96. The van der Waals surface area contributed by atoms with Gasteiger partial charge in [0.15, 0.2) is 0 Å². The van der Waals surface area contributed by atoms with Gasteiger partial charge in [0, 0.05) is 37.5 Å². The first-order valence-electron chi connectivity index (χ1n) is 11.4. The number of ether oxygens (including phenoxy) is 1. The van der Waals surface area contributed by atoms with Gasteiger partial charge in [0.2, 0.25) is 0 Å². The molecular formula is C24H31N5O3. The summed E-state index contributed by atoms with van der Waals surface area (Å²) in [5, 5.41) is 17.8. The normalized spacial score (nSPS) is 24.2. The smallest absolute Gasteiger partial charge is 0.255 e. The molecule has 2 aliphatic carbocycles. The van der Waals surface area contributed by atoms with E-state index in [2.05, 4.69) is 15.4 Å². The highest BCUT2D eigenvalue weighted by molar-refractivity contribution is 6.08. The Labute approximate surface area is 187 Å². The minimum atomic E-state index is 0.0374. The molecule has 3 N–H and O–H groups in total. The van der Waals surface area contributed by atoms with Crippen LogP contribution in [0.3, 0.4) is 0 Å². The molecule has 2 saturated carbocycles. The van der Waals surface area contributed by atoms with E-state index in [4.69, 9.17) is 9.84 Å². The van der Waals surface area contributed by atoms with E-state index in [-0.39, 0.29) is 12.5 Å². The molecule has 8 nitrogen and oxygen atoms in total. The molecule has 2 heterocycles. The molecule has 0 spiro atoms. The molecule has 3 aromatic rings. The maximum Gasteiger partial charge on any atom is 0.255 e. The van der Waals surface area contributed by atoms with E-state index in [1.807, 2.05) is 42.5 Å². The molecule has 2 fully saturated rings. The molecule has 0 radical (unpaired) electrons. The van der Waals surface area contributed by atoms with Crippen molar-refractivity contribution >= 4 is 22.5 Å². The second kappa shape index (κ2) is 8.50. The number of carbonyl (C=O) groups excluding carboxylic acids is 1. The highest BCUT2D eigenvalue weighted by Gasteiger charge is 2.53. The van der Waals surface area contributed by atoms with Gasteiger partial charge >= 0.3 is 0 Å². The van der Waals surface area contributed by atoms with Gasteiger partial charge in [-0.05, 0) is 49.1 Å². The highest BCUT2D eigenvalue weighted by Crippen LogP contribution is 2.56. The van der Waals surface area contributed by atoms with Crippen LogP contribution in [0.25, 0.3) is 10.9 Å². The number of aliphatic hydroxyl groups excluding tert-OH is 1. The van der Waals surface area contributed by atoms with Crippen LogP contribution in [0.5, 0.6) is 5.75 Å². The summed E-state index contributed by atoms with van der Waals surface area (Å²) in [5.74, 6) is 2.71. The zero-order valence-electron chi connectivity index (χ0n) is 18.6. The van der Waals surface area contributed by atoms with Crippen LogP contribution in [-0.4, -0.2) is 64.0 Å². The lowest BCUT2D eigenvalue weighted by Gasteiger charge is -2.22. The molecule has 8 heteroatoms. The van der Waals surface area contributed by atoms with Crippen molar-refractivity contribution in [3.8, 4) is 5.75 Å². The van der Waals surface area contributed by atoms with Crippen molar-refractivity contribution in [3.05, 3.63) is 42.4 Å². The van der Waals surface area contributed by atoms with Crippen LogP contribution in [-0.2, 0) is 6.54 Å². The van der Waals surface area contributed by atoms with E-state index in [9.17, 15) is 4.79 Å². The van der Waals surface area contributed by atoms with Crippen LogP contribution in [0, 0.1) is 17.8 Å². The number of nitrogens with one attached hydrogen (secondary N) is 2. The number of hydrogen-bond donors (Lipinski definition) is 3. The molecule has 0 aliphatic heterocycles. The van der Waals surface area contributed by atoms with Gasteiger partial charge in [-0.15, -0.1) is 0 Å². The topological polar surface area (TPSA) is 95.4 Å². The third kappa shape index (κ3) is 3.83. The maximum absolute atomic E-state index is 13.2. The first-order valence-corrected chi connectivity index (χ1v) is 11.4. The zero-order valence-corrected chi connectivity index (χ0v) is 18.6. The molecule has 1 amide bonds. The average molecular weight is 438 g/mol. The van der Waals surface area contributed by atoms with E-state index in [0.717, 1.165) is 47.6 Å². The second-order valence-electron chi connectivity index (χ2n) is 9.13. The summed E-state index contributed by atoms with van der Waals surface area (Å²) in [6.45, 7) is 1.40. The summed E-state index contributed by atoms with van der Waals surface area (Å²) in [5.41, 5.74) is 2.60. The van der Waals surface area contributed by atoms with Crippen LogP contribution in [0.2, 0.25) is 0 Å². The Morgan fingerprint density at radius 3 is 3.06 bits per heavy atom. The molecule has 4 atom stereocenters. The van der Waals surface area contributed by atoms with Crippen molar-refractivity contribution in [2.45, 2.75) is 31.8 Å². The number of amides is 1. The summed E-state index contributed by atoms with van der Waals surface area (Å²) in [6.07, 6.45) is 9.04. The number of H-pyrrole nitrogens is 1. The summed E-state index contributed by atoms with van der Waals surface area (Å²) in [4.78, 5) is 18.3. The number of hydrogen-bond acceptors (Lipinski definition) is 5. The van der Waals surface area contributed by atoms with Crippen molar-refractivity contribution in [2.24, 2.45) is 17.8 Å². The number of benzene rings is 1. The number of methoxy groups -OCH3 is 1. The van der Waals surface area contributed by atoms with E-state index >= 15 is 0 Å². The van der Waals surface area contributed by atoms with Gasteiger partial charge in [-0.1, -0.05) is 6.07 Å². The number of aliphatic hydroxyl groups is 1. The third-order valence-electron chi connectivity index (χ3n) is 7.20. The summed E-state index contributed by atoms with van der Waals surface area (Å²) >= 11 is 0. The van der Waals surface area contributed by atoms with Gasteiger partial charge < -0.3 is 25.0 Å². The van der Waals surface area contributed by atoms with E-state index in [0.29, 0.717) is 30.0 Å². The Kier molecular flexibility index (Phi) is 5.55. The van der Waals surface area contributed by atoms with Gasteiger partial charge in [-0.3, -0.25) is 9.48 Å². The molecule has 2 aromatic heterocycles. The number of carbonyl (C=O) groups is 1. The number of fused-ring (bicyclic) bond motifs is 2. The lowest BCUT2D eigenvalue weighted by molar-refractivity contribution is 0.0787. The standard InChI is InChI=1S/C24H31N5O3/c1-28(24(31)19-12-25-21-4-3-5-22(32-2)23(19)21)14-20-17-7-6-15(10-18(17)20)27-16-11-26-29(13-16)8-9-30/h3-5,11-13,15,17-18,20,25,27,30H,6-10,14H2,1-2H3/t15-,17+,18?,20?/m0/s1. The minimum absolute atomic E-state index is 0.0374. The van der Waals surface area contributed by atoms with Gasteiger partial charge in [-0.25, -0.2) is 0 Å². The Hall–Kier alpha value is -3.00. The second-order valence-corrected chi connectivity index (χ2v) is 9.13. The number of nitrogens with zero attached hydrogens (tertiary/aromatic N) is 3. The van der Waals surface area contributed by atoms with E-state index in [1.165, 1.54) is 6.42 Å². The van der Waals surface area contributed by atoms with Crippen molar-refractivity contribution in [1.82, 2.24) is 19.7 Å². The number of anilines is 1. The molecule has 2 unspecified atom stereocenters. The molecule has 170 valence electrons. The van der Waals surface area contributed by atoms with E-state index in [1.54, 1.807) is 18.0 Å². The molecule has 0 bridgehead atoms. The average Bonchev–Trinajstić information content (AvgIpc) is 3.12. The Balaban J connectivity index is 1.19. The lowest BCUT2D eigenvalue weighted by atomic mass is 9.95. The maximum atomic E-state index is 13.2. The molecule has 5 rings (SSSR count). The monoisotopic (exact) mass is 437 g/mol. The predicted molar refractivity (Wildman–Crippen MR) is 123 cm³/mol. The Morgan fingerprint density at radius 1 is 1.38 bits per heavy atom. The van der Waals surface area contributed by atoms with Gasteiger partial charge in [0.25, 0.3) is 5.91 Å². The molecular weight excluding hydrogens is 406 g/mol. The van der Waals surface area contributed by atoms with Gasteiger partial charge in [-0.2, -0.15) is 5.10 Å². The summed E-state index contributed by atoms with van der Waals surface area (Å²) in [6, 6.07) is 6.22. The fourth-order valence-electron chi connectivity index (χ4n) is 5.54. The van der Waals surface area contributed by atoms with Gasteiger partial charge in [0.05, 0.1) is 43.1 Å². The fourth-order valence-corrected chi connectivity index (χ4v) is 5.54. The van der Waals surface area contributed by atoms with Crippen LogP contribution in [0.1, 0.15) is 29.6 Å². The van der Waals surface area contributed by atoms with Crippen molar-refractivity contribution in [3.63, 3.8) is 0 Å². The fraction of sp³-hybridized carbons (Fsp3) is 0.500. The summed E-state index contributed by atoms with van der Waals surface area (Å²) in [7, 11) is 3.54. The largest absolute Gasteiger partial charge is 0.496 e. The van der Waals surface area contributed by atoms with Crippen LogP contribution >= 0.6 is 0 Å². The molecule has 0 saturated heterocycles. The van der Waals surface area contributed by atoms with Gasteiger partial charge in [0.1, 0.15) is 5.75 Å². The van der Waals surface area contributed by atoms with Crippen molar-refractivity contribution in [1.29, 1.82) is 0 Å². The van der Waals surface area contributed by atoms with Crippen molar-refractivity contribution in [2.75, 3.05) is 32.6 Å². The number of rotatable bonds is 8. The van der Waals surface area contributed by atoms with Crippen molar-refractivity contribution < 1.29 is 14.6 Å². The quantitative estimate of drug-likeness (QED) is 0.504. The first-order chi connectivity index (χ1) is 15.6. The van der Waals surface area contributed by atoms with E-state index < -0.39 is 0 Å². The molecule has 32 heavy (non-hydrogen) atoms. The number of aromatic nitrogens is 3. The van der Waals surface area contributed by atoms with Crippen LogP contribution < -0.4 is 10.1 Å². The Morgan fingerprint density at radius 2 is 2.25 bits per heavy atom. The highest BCUT2D eigenvalue weighted by atomic mass is 16.5. The lowest BCUT2D eigenvalue weighted by Crippen LogP contribution is -2.29. The van der Waals surface area contributed by atoms with Crippen LogP contribution in [0.15, 0.2) is 36.8 Å². The molecule has 2 aliphatic rings. The van der Waals surface area contributed by atoms with Crippen LogP contribution in [0.4, 0.5) is 5.69 Å². The zero-order chi connectivity index (χ0) is 22.2. The molecule has 1 aromatic carbocycles.